The molecular formula is C23H33N5O2. The Bertz CT molecular complexity index is 835. The van der Waals surface area contributed by atoms with Crippen molar-refractivity contribution >= 4 is 5.91 Å². The van der Waals surface area contributed by atoms with Gasteiger partial charge in [-0.2, -0.15) is 4.98 Å². The van der Waals surface area contributed by atoms with Crippen LogP contribution in [0.2, 0.25) is 0 Å². The summed E-state index contributed by atoms with van der Waals surface area (Å²) in [6.45, 7) is 9.15. The van der Waals surface area contributed by atoms with Crippen molar-refractivity contribution in [1.29, 1.82) is 0 Å². The molecule has 1 fully saturated rings. The topological polar surface area (TPSA) is 70.6 Å². The lowest BCUT2D eigenvalue weighted by Crippen LogP contribution is -2.50. The summed E-state index contributed by atoms with van der Waals surface area (Å²) in [6.07, 6.45) is 1.11. The summed E-state index contributed by atoms with van der Waals surface area (Å²) >= 11 is 0. The Morgan fingerprint density at radius 1 is 1.17 bits per heavy atom. The van der Waals surface area contributed by atoms with E-state index in [2.05, 4.69) is 39.1 Å². The highest BCUT2D eigenvalue weighted by Gasteiger charge is 2.21. The van der Waals surface area contributed by atoms with Gasteiger partial charge in [0, 0.05) is 55.6 Å². The van der Waals surface area contributed by atoms with Crippen LogP contribution in [0.1, 0.15) is 24.6 Å². The van der Waals surface area contributed by atoms with Crippen LogP contribution in [0.5, 0.6) is 5.88 Å². The van der Waals surface area contributed by atoms with E-state index in [-0.39, 0.29) is 18.4 Å². The predicted octanol–water partition coefficient (Wildman–Crippen LogP) is 2.15. The number of benzene rings is 1. The van der Waals surface area contributed by atoms with E-state index in [0.29, 0.717) is 11.7 Å². The Hall–Kier alpha value is -2.51. The van der Waals surface area contributed by atoms with Gasteiger partial charge in [0.2, 0.25) is 11.8 Å². The fourth-order valence-corrected chi connectivity index (χ4v) is 3.72. The molecule has 162 valence electrons. The van der Waals surface area contributed by atoms with E-state index in [4.69, 9.17) is 4.74 Å². The first kappa shape index (κ1) is 22.2. The van der Waals surface area contributed by atoms with Crippen molar-refractivity contribution in [2.45, 2.75) is 32.7 Å². The van der Waals surface area contributed by atoms with E-state index in [1.54, 1.807) is 7.11 Å². The van der Waals surface area contributed by atoms with Crippen LogP contribution in [0, 0.1) is 6.92 Å². The molecule has 0 spiro atoms. The molecule has 2 heterocycles. The van der Waals surface area contributed by atoms with Gasteiger partial charge in [-0.05, 0) is 20.4 Å². The molecule has 30 heavy (non-hydrogen) atoms. The third-order valence-corrected chi connectivity index (χ3v) is 5.67. The molecule has 0 radical (unpaired) electrons. The van der Waals surface area contributed by atoms with Crippen LogP contribution >= 0.6 is 0 Å². The largest absolute Gasteiger partial charge is 0.481 e. The van der Waals surface area contributed by atoms with E-state index < -0.39 is 0 Å². The standard InChI is InChI=1S/C23H33N5O2/c1-5-19(16-28-13-11-27(3)12-14-28)25-21(29)15-20-17(2)24-22(26-23(20)30-4)18-9-7-6-8-10-18/h6-10,19H,5,11-16H2,1-4H3,(H,25,29)/t19-/m0/s1. The maximum absolute atomic E-state index is 12.8. The zero-order valence-electron chi connectivity index (χ0n) is 18.5. The number of carbonyl (C=O) groups excluding carboxylic acids is 1. The molecule has 1 atom stereocenters. The summed E-state index contributed by atoms with van der Waals surface area (Å²) in [5.41, 5.74) is 2.43. The van der Waals surface area contributed by atoms with Gasteiger partial charge in [0.1, 0.15) is 0 Å². The number of methoxy groups -OCH3 is 1. The summed E-state index contributed by atoms with van der Waals surface area (Å²) in [7, 11) is 3.73. The van der Waals surface area contributed by atoms with Gasteiger partial charge in [-0.3, -0.25) is 9.69 Å². The molecule has 1 aliphatic rings. The number of piperazine rings is 1. The zero-order chi connectivity index (χ0) is 21.5. The van der Waals surface area contributed by atoms with Crippen LogP contribution in [-0.2, 0) is 11.2 Å². The lowest BCUT2D eigenvalue weighted by atomic mass is 10.1. The molecular weight excluding hydrogens is 378 g/mol. The number of nitrogens with zero attached hydrogens (tertiary/aromatic N) is 4. The van der Waals surface area contributed by atoms with Crippen molar-refractivity contribution in [2.75, 3.05) is 46.9 Å². The first-order valence-corrected chi connectivity index (χ1v) is 10.7. The van der Waals surface area contributed by atoms with Gasteiger partial charge in [-0.15, -0.1) is 0 Å². The summed E-state index contributed by atoms with van der Waals surface area (Å²) < 4.78 is 5.51. The van der Waals surface area contributed by atoms with E-state index in [1.807, 2.05) is 37.3 Å². The number of hydrogen-bond donors (Lipinski definition) is 1. The highest BCUT2D eigenvalue weighted by atomic mass is 16.5. The molecule has 3 rings (SSSR count). The Morgan fingerprint density at radius 3 is 2.50 bits per heavy atom. The lowest BCUT2D eigenvalue weighted by molar-refractivity contribution is -0.121. The van der Waals surface area contributed by atoms with Gasteiger partial charge >= 0.3 is 0 Å². The van der Waals surface area contributed by atoms with Gasteiger partial charge in [0.15, 0.2) is 5.82 Å². The number of carbonyl (C=O) groups is 1. The number of amides is 1. The number of aryl methyl sites for hydroxylation is 1. The van der Waals surface area contributed by atoms with Crippen molar-refractivity contribution in [3.63, 3.8) is 0 Å². The normalized spacial score (nSPS) is 16.3. The third kappa shape index (κ3) is 5.77. The fraction of sp³-hybridized carbons (Fsp3) is 0.522. The molecule has 1 N–H and O–H groups in total. The maximum Gasteiger partial charge on any atom is 0.224 e. The zero-order valence-corrected chi connectivity index (χ0v) is 18.5. The molecule has 1 amide bonds. The number of nitrogens with one attached hydrogen (secondary N) is 1. The lowest BCUT2D eigenvalue weighted by Gasteiger charge is -2.34. The predicted molar refractivity (Wildman–Crippen MR) is 119 cm³/mol. The van der Waals surface area contributed by atoms with Crippen LogP contribution in [0.3, 0.4) is 0 Å². The van der Waals surface area contributed by atoms with E-state index in [0.717, 1.165) is 56.0 Å². The van der Waals surface area contributed by atoms with Gasteiger partial charge in [0.05, 0.1) is 13.5 Å². The van der Waals surface area contributed by atoms with Crippen molar-refractivity contribution in [3.8, 4) is 17.3 Å². The third-order valence-electron chi connectivity index (χ3n) is 5.67. The minimum absolute atomic E-state index is 0.0200. The molecule has 1 aliphatic heterocycles. The fourth-order valence-electron chi connectivity index (χ4n) is 3.72. The highest BCUT2D eigenvalue weighted by molar-refractivity contribution is 5.80. The number of rotatable bonds is 8. The number of hydrogen-bond acceptors (Lipinski definition) is 6. The number of ether oxygens (including phenoxy) is 1. The number of aromatic nitrogens is 2. The quantitative estimate of drug-likeness (QED) is 0.718. The van der Waals surface area contributed by atoms with Crippen LogP contribution in [-0.4, -0.2) is 78.6 Å². The molecule has 7 heteroatoms. The minimum Gasteiger partial charge on any atom is -0.481 e. The molecule has 1 saturated heterocycles. The maximum atomic E-state index is 12.8. The summed E-state index contributed by atoms with van der Waals surface area (Å²) in [4.78, 5) is 26.7. The average molecular weight is 412 g/mol. The van der Waals surface area contributed by atoms with Gasteiger partial charge < -0.3 is 15.0 Å². The smallest absolute Gasteiger partial charge is 0.224 e. The highest BCUT2D eigenvalue weighted by Crippen LogP contribution is 2.24. The van der Waals surface area contributed by atoms with E-state index in [1.165, 1.54) is 0 Å². The molecule has 1 aromatic carbocycles. The van der Waals surface area contributed by atoms with Crippen molar-refractivity contribution < 1.29 is 9.53 Å². The molecule has 0 unspecified atom stereocenters. The van der Waals surface area contributed by atoms with Crippen molar-refractivity contribution in [3.05, 3.63) is 41.6 Å². The van der Waals surface area contributed by atoms with Crippen molar-refractivity contribution in [2.24, 2.45) is 0 Å². The van der Waals surface area contributed by atoms with Crippen LogP contribution < -0.4 is 10.1 Å². The second kappa shape index (κ2) is 10.5. The van der Waals surface area contributed by atoms with Crippen LogP contribution in [0.4, 0.5) is 0 Å². The monoisotopic (exact) mass is 411 g/mol. The molecule has 2 aromatic rings. The molecule has 0 bridgehead atoms. The average Bonchev–Trinajstić information content (AvgIpc) is 2.76. The van der Waals surface area contributed by atoms with Crippen LogP contribution in [0.25, 0.3) is 11.4 Å². The SMILES string of the molecule is CC[C@@H](CN1CCN(C)CC1)NC(=O)Cc1c(C)nc(-c2ccccc2)nc1OC. The van der Waals surface area contributed by atoms with Crippen LogP contribution in [0.15, 0.2) is 30.3 Å². The van der Waals surface area contributed by atoms with Crippen molar-refractivity contribution in [1.82, 2.24) is 25.1 Å². The molecule has 1 aromatic heterocycles. The second-order valence-electron chi connectivity index (χ2n) is 7.94. The molecule has 0 aliphatic carbocycles. The summed E-state index contributed by atoms with van der Waals surface area (Å²) in [6, 6.07) is 9.92. The summed E-state index contributed by atoms with van der Waals surface area (Å²) in [5.74, 6) is 1.05. The molecule has 0 saturated carbocycles. The van der Waals surface area contributed by atoms with Gasteiger partial charge in [-0.25, -0.2) is 4.98 Å². The first-order chi connectivity index (χ1) is 14.5. The Labute approximate surface area is 179 Å². The Kier molecular flexibility index (Phi) is 7.76. The Morgan fingerprint density at radius 2 is 1.87 bits per heavy atom. The number of likely N-dealkylation sites (N-methyl/N-ethyl adjacent to an activating group) is 1. The Balaban J connectivity index is 1.66. The molecule has 7 nitrogen and oxygen atoms in total. The van der Waals surface area contributed by atoms with E-state index >= 15 is 0 Å². The first-order valence-electron chi connectivity index (χ1n) is 10.7. The van der Waals surface area contributed by atoms with Gasteiger partial charge in [-0.1, -0.05) is 37.3 Å². The van der Waals surface area contributed by atoms with E-state index in [9.17, 15) is 4.79 Å². The van der Waals surface area contributed by atoms with Gasteiger partial charge in [0.25, 0.3) is 0 Å². The second-order valence-corrected chi connectivity index (χ2v) is 7.94. The summed E-state index contributed by atoms with van der Waals surface area (Å²) in [5, 5.41) is 3.19. The minimum atomic E-state index is -0.0200.